The predicted octanol–water partition coefficient (Wildman–Crippen LogP) is 2.24. The quantitative estimate of drug-likeness (QED) is 0.658. The smallest absolute Gasteiger partial charge is 0.139 e. The fraction of sp³-hybridized carbons (Fsp3) is 0.250. The maximum Gasteiger partial charge on any atom is 0.139 e. The molecule has 0 aliphatic heterocycles. The number of hydrogen-bond acceptors (Lipinski definition) is 2. The second-order valence-corrected chi connectivity index (χ2v) is 2.73. The lowest BCUT2D eigenvalue weighted by Crippen LogP contribution is -1.91. The Balaban J connectivity index is 3.24. The molecule has 3 heteroatoms. The van der Waals surface area contributed by atoms with Crippen LogP contribution in [-0.4, -0.2) is 7.11 Å². The number of halogens is 1. The Morgan fingerprint density at radius 1 is 1.45 bits per heavy atom. The van der Waals surface area contributed by atoms with E-state index in [1.165, 1.54) is 0 Å². The van der Waals surface area contributed by atoms with Crippen molar-refractivity contribution in [3.63, 3.8) is 0 Å². The zero-order valence-corrected chi connectivity index (χ0v) is 7.27. The van der Waals surface area contributed by atoms with Crippen molar-refractivity contribution in [3.8, 4) is 5.75 Å². The predicted molar refractivity (Wildman–Crippen MR) is 47.2 cm³/mol. The van der Waals surface area contributed by atoms with E-state index >= 15 is 0 Å². The Morgan fingerprint density at radius 2 is 2.09 bits per heavy atom. The van der Waals surface area contributed by atoms with Gasteiger partial charge in [0.2, 0.25) is 0 Å². The normalized spacial score (nSPS) is 9.73. The van der Waals surface area contributed by atoms with Crippen molar-refractivity contribution in [2.45, 2.75) is 6.92 Å². The van der Waals surface area contributed by atoms with Gasteiger partial charge >= 0.3 is 0 Å². The van der Waals surface area contributed by atoms with E-state index in [1.54, 1.807) is 13.2 Å². The summed E-state index contributed by atoms with van der Waals surface area (Å²) in [6.45, 7) is 1.89. The molecule has 0 fully saturated rings. The molecule has 0 atom stereocenters. The standard InChI is InChI=1S/C8H10ClNO/c1-5-3-6(10)4-7(11-2)8(5)9/h3-4H,10H2,1-2H3. The third-order valence-corrected chi connectivity index (χ3v) is 1.95. The zero-order chi connectivity index (χ0) is 8.43. The van der Waals surface area contributed by atoms with Crippen LogP contribution < -0.4 is 10.5 Å². The van der Waals surface area contributed by atoms with Crippen LogP contribution in [0.15, 0.2) is 12.1 Å². The summed E-state index contributed by atoms with van der Waals surface area (Å²) in [6, 6.07) is 3.51. The highest BCUT2D eigenvalue weighted by molar-refractivity contribution is 6.32. The van der Waals surface area contributed by atoms with Gasteiger partial charge in [0.1, 0.15) is 5.75 Å². The highest BCUT2D eigenvalue weighted by atomic mass is 35.5. The van der Waals surface area contributed by atoms with E-state index in [1.807, 2.05) is 13.0 Å². The minimum Gasteiger partial charge on any atom is -0.495 e. The van der Waals surface area contributed by atoms with Gasteiger partial charge in [-0.25, -0.2) is 0 Å². The summed E-state index contributed by atoms with van der Waals surface area (Å²) < 4.78 is 4.99. The number of nitrogen functional groups attached to an aromatic ring is 1. The molecule has 0 spiro atoms. The first-order chi connectivity index (χ1) is 5.15. The van der Waals surface area contributed by atoms with Crippen LogP contribution in [0.1, 0.15) is 5.56 Å². The summed E-state index contributed by atoms with van der Waals surface area (Å²) in [7, 11) is 1.57. The van der Waals surface area contributed by atoms with Crippen molar-refractivity contribution in [2.24, 2.45) is 0 Å². The number of rotatable bonds is 1. The topological polar surface area (TPSA) is 35.2 Å². The van der Waals surface area contributed by atoms with Crippen LogP contribution in [0.4, 0.5) is 5.69 Å². The van der Waals surface area contributed by atoms with Gasteiger partial charge in [0.15, 0.2) is 0 Å². The van der Waals surface area contributed by atoms with Gasteiger partial charge < -0.3 is 10.5 Å². The molecule has 11 heavy (non-hydrogen) atoms. The second kappa shape index (κ2) is 3.01. The van der Waals surface area contributed by atoms with Crippen molar-refractivity contribution >= 4 is 17.3 Å². The van der Waals surface area contributed by atoms with Crippen molar-refractivity contribution in [3.05, 3.63) is 22.7 Å². The first kappa shape index (κ1) is 8.21. The van der Waals surface area contributed by atoms with Crippen LogP contribution in [0.25, 0.3) is 0 Å². The van der Waals surface area contributed by atoms with Crippen LogP contribution in [-0.2, 0) is 0 Å². The third-order valence-electron chi connectivity index (χ3n) is 1.46. The molecule has 2 N–H and O–H groups in total. The largest absolute Gasteiger partial charge is 0.495 e. The van der Waals surface area contributed by atoms with Crippen LogP contribution in [0.3, 0.4) is 0 Å². The molecule has 0 saturated heterocycles. The Morgan fingerprint density at radius 3 is 2.64 bits per heavy atom. The van der Waals surface area contributed by atoms with Gasteiger partial charge in [-0.1, -0.05) is 11.6 Å². The van der Waals surface area contributed by atoms with Gasteiger partial charge in [0.25, 0.3) is 0 Å². The van der Waals surface area contributed by atoms with E-state index in [4.69, 9.17) is 22.1 Å². The number of methoxy groups -OCH3 is 1. The molecule has 2 nitrogen and oxygen atoms in total. The second-order valence-electron chi connectivity index (χ2n) is 2.35. The van der Waals surface area contributed by atoms with E-state index in [2.05, 4.69) is 0 Å². The minimum atomic E-state index is 0.627. The van der Waals surface area contributed by atoms with Crippen LogP contribution in [0.2, 0.25) is 5.02 Å². The number of nitrogens with two attached hydrogens (primary N) is 1. The average molecular weight is 172 g/mol. The van der Waals surface area contributed by atoms with Crippen molar-refractivity contribution in [1.82, 2.24) is 0 Å². The molecule has 0 unspecified atom stereocenters. The van der Waals surface area contributed by atoms with Gasteiger partial charge in [0, 0.05) is 11.8 Å². The lowest BCUT2D eigenvalue weighted by atomic mass is 10.2. The molecule has 1 aromatic carbocycles. The first-order valence-electron chi connectivity index (χ1n) is 3.24. The van der Waals surface area contributed by atoms with Gasteiger partial charge in [-0.05, 0) is 18.6 Å². The summed E-state index contributed by atoms with van der Waals surface area (Å²) in [6.07, 6.45) is 0. The summed E-state index contributed by atoms with van der Waals surface area (Å²) in [5, 5.41) is 0.627. The highest BCUT2D eigenvalue weighted by Crippen LogP contribution is 2.29. The minimum absolute atomic E-state index is 0.627. The van der Waals surface area contributed by atoms with Crippen LogP contribution in [0, 0.1) is 6.92 Å². The molecule has 0 bridgehead atoms. The molecule has 0 radical (unpaired) electrons. The van der Waals surface area contributed by atoms with Gasteiger partial charge in [-0.2, -0.15) is 0 Å². The molecule has 0 aliphatic carbocycles. The number of ether oxygens (including phenoxy) is 1. The van der Waals surface area contributed by atoms with Gasteiger partial charge in [-0.15, -0.1) is 0 Å². The van der Waals surface area contributed by atoms with Crippen LogP contribution in [0.5, 0.6) is 5.75 Å². The Kier molecular flexibility index (Phi) is 2.25. The monoisotopic (exact) mass is 171 g/mol. The lowest BCUT2D eigenvalue weighted by molar-refractivity contribution is 0.415. The average Bonchev–Trinajstić information content (AvgIpc) is 1.96. The zero-order valence-electron chi connectivity index (χ0n) is 6.52. The molecular formula is C8H10ClNO. The summed E-state index contributed by atoms with van der Waals surface area (Å²) >= 11 is 5.88. The summed E-state index contributed by atoms with van der Waals surface area (Å²) in [4.78, 5) is 0. The van der Waals surface area contributed by atoms with Crippen molar-refractivity contribution in [1.29, 1.82) is 0 Å². The lowest BCUT2D eigenvalue weighted by Gasteiger charge is -2.06. The molecule has 60 valence electrons. The van der Waals surface area contributed by atoms with E-state index in [0.29, 0.717) is 16.5 Å². The summed E-state index contributed by atoms with van der Waals surface area (Å²) in [5.41, 5.74) is 7.17. The molecule has 1 rings (SSSR count). The van der Waals surface area contributed by atoms with E-state index < -0.39 is 0 Å². The van der Waals surface area contributed by atoms with Crippen LogP contribution >= 0.6 is 11.6 Å². The Hall–Kier alpha value is -0.890. The maximum absolute atomic E-state index is 5.88. The first-order valence-corrected chi connectivity index (χ1v) is 3.62. The van der Waals surface area contributed by atoms with Crippen molar-refractivity contribution in [2.75, 3.05) is 12.8 Å². The Bertz CT molecular complexity index is 273. The van der Waals surface area contributed by atoms with E-state index in [-0.39, 0.29) is 0 Å². The van der Waals surface area contributed by atoms with E-state index in [0.717, 1.165) is 5.56 Å². The van der Waals surface area contributed by atoms with E-state index in [9.17, 15) is 0 Å². The molecule has 0 heterocycles. The fourth-order valence-electron chi connectivity index (χ4n) is 0.913. The number of hydrogen-bond donors (Lipinski definition) is 1. The summed E-state index contributed by atoms with van der Waals surface area (Å²) in [5.74, 6) is 0.629. The molecular weight excluding hydrogens is 162 g/mol. The van der Waals surface area contributed by atoms with Crippen molar-refractivity contribution < 1.29 is 4.74 Å². The SMILES string of the molecule is COc1cc(N)cc(C)c1Cl. The Labute approximate surface area is 70.9 Å². The molecule has 0 aromatic heterocycles. The molecule has 0 saturated carbocycles. The number of aryl methyl sites for hydroxylation is 1. The third kappa shape index (κ3) is 1.57. The maximum atomic E-state index is 5.88. The van der Waals surface area contributed by atoms with Gasteiger partial charge in [0.05, 0.1) is 12.1 Å². The van der Waals surface area contributed by atoms with Gasteiger partial charge in [-0.3, -0.25) is 0 Å². The molecule has 0 amide bonds. The fourth-order valence-corrected chi connectivity index (χ4v) is 1.10. The number of anilines is 1. The molecule has 1 aromatic rings. The highest BCUT2D eigenvalue weighted by Gasteiger charge is 2.03. The number of benzene rings is 1. The molecule has 0 aliphatic rings.